The molecule has 7 heteroatoms. The third-order valence-corrected chi connectivity index (χ3v) is 2.33. The number of aromatic nitrogens is 2. The van der Waals surface area contributed by atoms with E-state index in [1.807, 2.05) is 6.92 Å². The number of aryl methyl sites for hydroxylation is 1. The van der Waals surface area contributed by atoms with Gasteiger partial charge in [-0.05, 0) is 6.92 Å². The summed E-state index contributed by atoms with van der Waals surface area (Å²) in [4.78, 5) is 15.8. The molecule has 1 saturated heterocycles. The Morgan fingerprint density at radius 1 is 1.69 bits per heavy atom. The molecule has 1 fully saturated rings. The fourth-order valence-electron chi connectivity index (χ4n) is 0.954. The molecule has 1 aliphatic heterocycles. The van der Waals surface area contributed by atoms with Crippen molar-refractivity contribution in [3.63, 3.8) is 0 Å². The van der Waals surface area contributed by atoms with Gasteiger partial charge in [0.25, 0.3) is 5.91 Å². The van der Waals surface area contributed by atoms with Crippen LogP contribution < -0.4 is 10.8 Å². The molecule has 0 bridgehead atoms. The van der Waals surface area contributed by atoms with Gasteiger partial charge in [-0.3, -0.25) is 9.63 Å². The fourth-order valence-corrected chi connectivity index (χ4v) is 1.60. The lowest BCUT2D eigenvalue weighted by Crippen LogP contribution is -2.30. The van der Waals surface area contributed by atoms with E-state index in [9.17, 15) is 4.79 Å². The minimum Gasteiger partial charge on any atom is -0.346 e. The van der Waals surface area contributed by atoms with E-state index >= 15 is 0 Å². The Kier molecular flexibility index (Phi) is 2.11. The van der Waals surface area contributed by atoms with Crippen LogP contribution >= 0.6 is 11.3 Å². The zero-order chi connectivity index (χ0) is 9.26. The number of rotatable bonds is 2. The van der Waals surface area contributed by atoms with Crippen molar-refractivity contribution in [3.8, 4) is 0 Å². The molecule has 2 heterocycles. The molecule has 2 rings (SSSR count). The molecule has 70 valence electrons. The summed E-state index contributed by atoms with van der Waals surface area (Å²) in [5, 5.41) is 12.1. The van der Waals surface area contributed by atoms with Crippen molar-refractivity contribution >= 4 is 22.4 Å². The highest BCUT2D eigenvalue weighted by Gasteiger charge is 2.26. The highest BCUT2D eigenvalue weighted by atomic mass is 32.1. The van der Waals surface area contributed by atoms with Crippen LogP contribution in [0.15, 0.2) is 0 Å². The van der Waals surface area contributed by atoms with Crippen molar-refractivity contribution in [3.05, 3.63) is 5.01 Å². The summed E-state index contributed by atoms with van der Waals surface area (Å²) in [5.74, 6) is -0.173. The Morgan fingerprint density at radius 2 is 2.54 bits per heavy atom. The number of nitrogens with one attached hydrogen (secondary N) is 2. The van der Waals surface area contributed by atoms with Crippen molar-refractivity contribution in [2.45, 2.75) is 13.0 Å². The Bertz CT molecular complexity index is 326. The van der Waals surface area contributed by atoms with Gasteiger partial charge in [-0.15, -0.1) is 10.2 Å². The zero-order valence-corrected chi connectivity index (χ0v) is 7.72. The summed E-state index contributed by atoms with van der Waals surface area (Å²) in [6, 6.07) is -0.354. The normalized spacial score (nSPS) is 21.6. The first-order valence-electron chi connectivity index (χ1n) is 3.74. The highest BCUT2D eigenvalue weighted by Crippen LogP contribution is 2.15. The van der Waals surface area contributed by atoms with Crippen LogP contribution in [-0.4, -0.2) is 28.8 Å². The summed E-state index contributed by atoms with van der Waals surface area (Å²) in [6.07, 6.45) is 0. The van der Waals surface area contributed by atoms with E-state index in [2.05, 4.69) is 21.0 Å². The second-order valence-electron chi connectivity index (χ2n) is 2.60. The lowest BCUT2D eigenvalue weighted by molar-refractivity contribution is -0.124. The molecule has 0 spiro atoms. The minimum absolute atomic E-state index is 0.173. The number of amides is 1. The van der Waals surface area contributed by atoms with Crippen LogP contribution in [0.3, 0.4) is 0 Å². The number of anilines is 1. The SMILES string of the molecule is Cc1nnc(NC2CONC2=O)s1. The van der Waals surface area contributed by atoms with Gasteiger partial charge in [-0.2, -0.15) is 0 Å². The number of hydrogen-bond donors (Lipinski definition) is 2. The van der Waals surface area contributed by atoms with Crippen molar-refractivity contribution in [1.82, 2.24) is 15.7 Å². The van der Waals surface area contributed by atoms with Crippen LogP contribution in [-0.2, 0) is 9.63 Å². The van der Waals surface area contributed by atoms with Gasteiger partial charge in [0.05, 0.1) is 0 Å². The molecule has 0 radical (unpaired) electrons. The molecular weight excluding hydrogens is 192 g/mol. The van der Waals surface area contributed by atoms with E-state index < -0.39 is 0 Å². The predicted octanol–water partition coefficient (Wildman–Crippen LogP) is -0.312. The number of carbonyl (C=O) groups excluding carboxylic acids is 1. The van der Waals surface area contributed by atoms with Gasteiger partial charge in [-0.1, -0.05) is 11.3 Å². The maximum atomic E-state index is 11.0. The summed E-state index contributed by atoms with van der Waals surface area (Å²) < 4.78 is 0. The lowest BCUT2D eigenvalue weighted by Gasteiger charge is -2.03. The second-order valence-corrected chi connectivity index (χ2v) is 3.78. The van der Waals surface area contributed by atoms with Gasteiger partial charge >= 0.3 is 0 Å². The molecule has 0 aromatic carbocycles. The van der Waals surface area contributed by atoms with E-state index in [4.69, 9.17) is 4.84 Å². The smallest absolute Gasteiger partial charge is 0.268 e. The van der Waals surface area contributed by atoms with E-state index in [-0.39, 0.29) is 11.9 Å². The first kappa shape index (κ1) is 8.39. The van der Waals surface area contributed by atoms with Crippen molar-refractivity contribution in [1.29, 1.82) is 0 Å². The summed E-state index contributed by atoms with van der Waals surface area (Å²) in [7, 11) is 0. The quantitative estimate of drug-likeness (QED) is 0.684. The van der Waals surface area contributed by atoms with E-state index in [0.29, 0.717) is 11.7 Å². The molecule has 6 nitrogen and oxygen atoms in total. The first-order chi connectivity index (χ1) is 6.25. The molecule has 1 aliphatic rings. The van der Waals surface area contributed by atoms with Crippen LogP contribution in [0.4, 0.5) is 5.13 Å². The van der Waals surface area contributed by atoms with Crippen molar-refractivity contribution in [2.75, 3.05) is 11.9 Å². The molecule has 1 amide bonds. The summed E-state index contributed by atoms with van der Waals surface area (Å²) >= 11 is 1.41. The molecule has 1 atom stereocenters. The topological polar surface area (TPSA) is 76.1 Å². The third-order valence-electron chi connectivity index (χ3n) is 1.56. The van der Waals surface area contributed by atoms with Crippen LogP contribution in [0.2, 0.25) is 0 Å². The predicted molar refractivity (Wildman–Crippen MR) is 46.2 cm³/mol. The Labute approximate surface area is 78.3 Å². The van der Waals surface area contributed by atoms with Crippen LogP contribution in [0.1, 0.15) is 5.01 Å². The van der Waals surface area contributed by atoms with Crippen LogP contribution in [0.25, 0.3) is 0 Å². The second kappa shape index (κ2) is 3.27. The van der Waals surface area contributed by atoms with Crippen LogP contribution in [0.5, 0.6) is 0 Å². The minimum atomic E-state index is -0.354. The van der Waals surface area contributed by atoms with E-state index in [1.165, 1.54) is 11.3 Å². The number of nitrogens with zero attached hydrogens (tertiary/aromatic N) is 2. The largest absolute Gasteiger partial charge is 0.346 e. The van der Waals surface area contributed by atoms with E-state index in [0.717, 1.165) is 5.01 Å². The summed E-state index contributed by atoms with van der Waals surface area (Å²) in [5.41, 5.74) is 2.25. The average Bonchev–Trinajstić information content (AvgIpc) is 2.64. The van der Waals surface area contributed by atoms with Crippen molar-refractivity contribution < 1.29 is 9.63 Å². The molecule has 2 N–H and O–H groups in total. The average molecular weight is 200 g/mol. The monoisotopic (exact) mass is 200 g/mol. The zero-order valence-electron chi connectivity index (χ0n) is 6.90. The molecule has 13 heavy (non-hydrogen) atoms. The first-order valence-corrected chi connectivity index (χ1v) is 4.55. The van der Waals surface area contributed by atoms with Crippen molar-refractivity contribution in [2.24, 2.45) is 0 Å². The van der Waals surface area contributed by atoms with Gasteiger partial charge in [-0.25, -0.2) is 5.48 Å². The van der Waals surface area contributed by atoms with Gasteiger partial charge in [0.15, 0.2) is 0 Å². The molecule has 0 aliphatic carbocycles. The van der Waals surface area contributed by atoms with Gasteiger partial charge in [0, 0.05) is 0 Å². The lowest BCUT2D eigenvalue weighted by atomic mass is 10.3. The third kappa shape index (κ3) is 1.76. The Morgan fingerprint density at radius 3 is 3.08 bits per heavy atom. The molecule has 1 unspecified atom stereocenters. The maximum Gasteiger partial charge on any atom is 0.268 e. The molecule has 1 aromatic heterocycles. The maximum absolute atomic E-state index is 11.0. The standard InChI is InChI=1S/C6H8N4O2S/c1-3-8-9-6(13-3)7-4-2-12-10-5(4)11/h4H,2H2,1H3,(H,7,9)(H,10,11). The van der Waals surface area contributed by atoms with Gasteiger partial charge in [0.1, 0.15) is 17.7 Å². The number of carbonyl (C=O) groups is 1. The van der Waals surface area contributed by atoms with Crippen LogP contribution in [0, 0.1) is 6.92 Å². The fraction of sp³-hybridized carbons (Fsp3) is 0.500. The Hall–Kier alpha value is -1.21. The molecule has 0 saturated carbocycles. The number of hydroxylamine groups is 1. The number of hydrogen-bond acceptors (Lipinski definition) is 6. The Balaban J connectivity index is 2.01. The molecular formula is C6H8N4O2S. The van der Waals surface area contributed by atoms with E-state index in [1.54, 1.807) is 0 Å². The highest BCUT2D eigenvalue weighted by molar-refractivity contribution is 7.15. The summed E-state index contributed by atoms with van der Waals surface area (Å²) in [6.45, 7) is 2.17. The van der Waals surface area contributed by atoms with Gasteiger partial charge in [0.2, 0.25) is 5.13 Å². The van der Waals surface area contributed by atoms with Gasteiger partial charge < -0.3 is 5.32 Å². The molecule has 1 aromatic rings.